The van der Waals surface area contributed by atoms with E-state index in [-0.39, 0.29) is 11.9 Å². The Morgan fingerprint density at radius 3 is 2.41 bits per heavy atom. The van der Waals surface area contributed by atoms with Crippen molar-refractivity contribution in [1.82, 2.24) is 15.5 Å². The molecule has 3 aromatic rings. The third kappa shape index (κ3) is 3.84. The molecule has 4 rings (SSSR count). The predicted octanol–water partition coefficient (Wildman–Crippen LogP) is 3.93. The molecule has 0 spiro atoms. The highest BCUT2D eigenvalue weighted by Gasteiger charge is 2.33. The Labute approximate surface area is 157 Å². The van der Waals surface area contributed by atoms with Gasteiger partial charge in [-0.2, -0.15) is 4.98 Å². The number of amides is 1. The Balaban J connectivity index is 1.49. The summed E-state index contributed by atoms with van der Waals surface area (Å²) in [6.07, 6.45) is 2.26. The van der Waals surface area contributed by atoms with E-state index in [0.717, 1.165) is 29.7 Å². The van der Waals surface area contributed by atoms with E-state index in [2.05, 4.69) is 15.5 Å². The van der Waals surface area contributed by atoms with E-state index in [4.69, 9.17) is 9.26 Å². The van der Waals surface area contributed by atoms with Gasteiger partial charge in [-0.05, 0) is 67.6 Å². The van der Waals surface area contributed by atoms with Crippen molar-refractivity contribution in [3.63, 3.8) is 0 Å². The topological polar surface area (TPSA) is 77.2 Å². The van der Waals surface area contributed by atoms with E-state index in [9.17, 15) is 4.79 Å². The van der Waals surface area contributed by atoms with Crippen LogP contribution in [0.25, 0.3) is 11.5 Å². The SMILES string of the molecule is COc1ccc(C(NC(=O)c2ccc(-c3nc(C)no3)cc2)C2CC2)cc1. The molecular formula is C21H21N3O3. The molecule has 1 saturated carbocycles. The van der Waals surface area contributed by atoms with Crippen LogP contribution in [-0.2, 0) is 0 Å². The van der Waals surface area contributed by atoms with Crippen molar-refractivity contribution >= 4 is 5.91 Å². The number of aromatic nitrogens is 2. The normalized spacial score (nSPS) is 14.6. The van der Waals surface area contributed by atoms with E-state index < -0.39 is 0 Å². The maximum Gasteiger partial charge on any atom is 0.257 e. The first-order valence-corrected chi connectivity index (χ1v) is 8.99. The maximum atomic E-state index is 12.7. The Morgan fingerprint density at radius 1 is 1.15 bits per heavy atom. The van der Waals surface area contributed by atoms with Crippen LogP contribution in [-0.4, -0.2) is 23.2 Å². The first-order valence-electron chi connectivity index (χ1n) is 8.99. The number of rotatable bonds is 6. The summed E-state index contributed by atoms with van der Waals surface area (Å²) in [6.45, 7) is 1.77. The van der Waals surface area contributed by atoms with Crippen LogP contribution in [0.4, 0.5) is 0 Å². The van der Waals surface area contributed by atoms with E-state index >= 15 is 0 Å². The van der Waals surface area contributed by atoms with E-state index in [1.165, 1.54) is 0 Å². The van der Waals surface area contributed by atoms with Crippen LogP contribution in [0.3, 0.4) is 0 Å². The van der Waals surface area contributed by atoms with Crippen LogP contribution in [0, 0.1) is 12.8 Å². The number of nitrogens with zero attached hydrogens (tertiary/aromatic N) is 2. The summed E-state index contributed by atoms with van der Waals surface area (Å²) in [5.74, 6) is 2.25. The molecule has 0 saturated heterocycles. The van der Waals surface area contributed by atoms with Gasteiger partial charge in [-0.3, -0.25) is 4.79 Å². The molecule has 1 aliphatic rings. The number of methoxy groups -OCH3 is 1. The number of benzene rings is 2. The molecule has 1 N–H and O–H groups in total. The minimum Gasteiger partial charge on any atom is -0.497 e. The highest BCUT2D eigenvalue weighted by atomic mass is 16.5. The van der Waals surface area contributed by atoms with Gasteiger partial charge in [0.25, 0.3) is 11.8 Å². The van der Waals surface area contributed by atoms with E-state index in [1.807, 2.05) is 36.4 Å². The monoisotopic (exact) mass is 363 g/mol. The molecule has 6 nitrogen and oxygen atoms in total. The summed E-state index contributed by atoms with van der Waals surface area (Å²) in [5.41, 5.74) is 2.50. The molecule has 0 aliphatic heterocycles. The van der Waals surface area contributed by atoms with Crippen LogP contribution >= 0.6 is 0 Å². The summed E-state index contributed by atoms with van der Waals surface area (Å²) in [4.78, 5) is 16.9. The minimum atomic E-state index is -0.0871. The molecule has 0 bridgehead atoms. The van der Waals surface area contributed by atoms with Crippen LogP contribution < -0.4 is 10.1 Å². The molecule has 1 fully saturated rings. The molecular weight excluding hydrogens is 342 g/mol. The second-order valence-electron chi connectivity index (χ2n) is 6.79. The van der Waals surface area contributed by atoms with Crippen molar-refractivity contribution in [1.29, 1.82) is 0 Å². The molecule has 1 aliphatic carbocycles. The summed E-state index contributed by atoms with van der Waals surface area (Å²) in [7, 11) is 1.65. The van der Waals surface area contributed by atoms with Crippen molar-refractivity contribution in [3.05, 3.63) is 65.5 Å². The average molecular weight is 363 g/mol. The zero-order valence-electron chi connectivity index (χ0n) is 15.3. The molecule has 1 heterocycles. The molecule has 1 aromatic heterocycles. The number of nitrogens with one attached hydrogen (secondary N) is 1. The fourth-order valence-corrected chi connectivity index (χ4v) is 3.12. The molecule has 138 valence electrons. The van der Waals surface area contributed by atoms with Crippen molar-refractivity contribution < 1.29 is 14.1 Å². The number of ether oxygens (including phenoxy) is 1. The third-order valence-electron chi connectivity index (χ3n) is 4.78. The van der Waals surface area contributed by atoms with Crippen molar-refractivity contribution in [2.24, 2.45) is 5.92 Å². The second kappa shape index (κ2) is 7.23. The molecule has 2 aromatic carbocycles. The van der Waals surface area contributed by atoms with Crippen molar-refractivity contribution in [3.8, 4) is 17.2 Å². The van der Waals surface area contributed by atoms with E-state index in [0.29, 0.717) is 23.2 Å². The Bertz CT molecular complexity index is 928. The largest absolute Gasteiger partial charge is 0.497 e. The van der Waals surface area contributed by atoms with Gasteiger partial charge in [0.1, 0.15) is 5.75 Å². The fourth-order valence-electron chi connectivity index (χ4n) is 3.12. The smallest absolute Gasteiger partial charge is 0.257 e. The number of hydrogen-bond acceptors (Lipinski definition) is 5. The zero-order valence-corrected chi connectivity index (χ0v) is 15.3. The lowest BCUT2D eigenvalue weighted by Gasteiger charge is -2.19. The number of aryl methyl sites for hydroxylation is 1. The van der Waals surface area contributed by atoms with Gasteiger partial charge in [0, 0.05) is 11.1 Å². The maximum absolute atomic E-state index is 12.7. The molecule has 1 atom stereocenters. The Morgan fingerprint density at radius 2 is 1.85 bits per heavy atom. The average Bonchev–Trinajstić information content (AvgIpc) is 3.46. The molecule has 27 heavy (non-hydrogen) atoms. The lowest BCUT2D eigenvalue weighted by Crippen LogP contribution is -2.29. The molecule has 0 radical (unpaired) electrons. The number of carbonyl (C=O) groups is 1. The van der Waals surface area contributed by atoms with Gasteiger partial charge < -0.3 is 14.6 Å². The molecule has 1 amide bonds. The van der Waals surface area contributed by atoms with Gasteiger partial charge in [-0.15, -0.1) is 0 Å². The van der Waals surface area contributed by atoms with Gasteiger partial charge in [0.05, 0.1) is 13.2 Å². The van der Waals surface area contributed by atoms with E-state index in [1.54, 1.807) is 26.2 Å². The minimum absolute atomic E-state index is 0.0154. The first-order chi connectivity index (χ1) is 13.1. The van der Waals surface area contributed by atoms with Crippen molar-refractivity contribution in [2.45, 2.75) is 25.8 Å². The zero-order chi connectivity index (χ0) is 18.8. The van der Waals surface area contributed by atoms with Gasteiger partial charge in [0.2, 0.25) is 0 Å². The van der Waals surface area contributed by atoms with Crippen LogP contribution in [0.15, 0.2) is 53.1 Å². The van der Waals surface area contributed by atoms with Crippen LogP contribution in [0.1, 0.15) is 40.6 Å². The van der Waals surface area contributed by atoms with Gasteiger partial charge >= 0.3 is 0 Å². The quantitative estimate of drug-likeness (QED) is 0.718. The highest BCUT2D eigenvalue weighted by Crippen LogP contribution is 2.41. The summed E-state index contributed by atoms with van der Waals surface area (Å²) >= 11 is 0. The fraction of sp³-hybridized carbons (Fsp3) is 0.286. The standard InChI is InChI=1S/C21H21N3O3/c1-13-22-21(27-24-13)17-7-5-16(6-8-17)20(25)23-19(14-3-4-14)15-9-11-18(26-2)12-10-15/h5-12,14,19H,3-4H2,1-2H3,(H,23,25). The first kappa shape index (κ1) is 17.3. The van der Waals surface area contributed by atoms with Gasteiger partial charge in [-0.25, -0.2) is 0 Å². The van der Waals surface area contributed by atoms with Crippen LogP contribution in [0.5, 0.6) is 5.75 Å². The molecule has 1 unspecified atom stereocenters. The number of carbonyl (C=O) groups excluding carboxylic acids is 1. The summed E-state index contributed by atoms with van der Waals surface area (Å²) in [6, 6.07) is 15.1. The summed E-state index contributed by atoms with van der Waals surface area (Å²) in [5, 5.41) is 6.97. The molecule has 6 heteroatoms. The lowest BCUT2D eigenvalue weighted by molar-refractivity contribution is 0.0931. The van der Waals surface area contributed by atoms with Gasteiger partial charge in [-0.1, -0.05) is 17.3 Å². The van der Waals surface area contributed by atoms with Gasteiger partial charge in [0.15, 0.2) is 5.82 Å². The highest BCUT2D eigenvalue weighted by molar-refractivity contribution is 5.94. The predicted molar refractivity (Wildman–Crippen MR) is 100 cm³/mol. The summed E-state index contributed by atoms with van der Waals surface area (Å²) < 4.78 is 10.4. The number of hydrogen-bond donors (Lipinski definition) is 1. The third-order valence-corrected chi connectivity index (χ3v) is 4.78. The van der Waals surface area contributed by atoms with Crippen LogP contribution in [0.2, 0.25) is 0 Å². The second-order valence-corrected chi connectivity index (χ2v) is 6.79. The lowest BCUT2D eigenvalue weighted by atomic mass is 10.0. The van der Waals surface area contributed by atoms with Crippen molar-refractivity contribution in [2.75, 3.05) is 7.11 Å². The Hall–Kier alpha value is -3.15. The Kier molecular flexibility index (Phi) is 4.62.